The van der Waals surface area contributed by atoms with Gasteiger partial charge in [0.05, 0.1) is 48.3 Å². The predicted molar refractivity (Wildman–Crippen MR) is 221 cm³/mol. The van der Waals surface area contributed by atoms with Crippen LogP contribution in [0.4, 0.5) is 31.8 Å². The number of halogens is 2. The van der Waals surface area contributed by atoms with Gasteiger partial charge in [0, 0.05) is 68.2 Å². The van der Waals surface area contributed by atoms with E-state index >= 15 is 0 Å². The highest BCUT2D eigenvalue weighted by Gasteiger charge is 2.30. The van der Waals surface area contributed by atoms with Crippen molar-refractivity contribution >= 4 is 44.4 Å². The first kappa shape index (κ1) is 40.1. The summed E-state index contributed by atoms with van der Waals surface area (Å²) in [7, 11) is -0.0652. The van der Waals surface area contributed by atoms with Gasteiger partial charge >= 0.3 is 0 Å². The maximum Gasteiger partial charge on any atom is 0.259 e. The van der Waals surface area contributed by atoms with Crippen LogP contribution < -0.4 is 25.0 Å². The van der Waals surface area contributed by atoms with Gasteiger partial charge < -0.3 is 25.0 Å². The first-order chi connectivity index (χ1) is 27.8. The van der Waals surface area contributed by atoms with E-state index < -0.39 is 33.1 Å². The zero-order chi connectivity index (χ0) is 41.1. The zero-order valence-corrected chi connectivity index (χ0v) is 33.6. The fourth-order valence-corrected chi connectivity index (χ4v) is 7.77. The average molecular weight is 811 g/mol. The minimum atomic E-state index is -3.07. The molecule has 3 aromatic heterocycles. The molecule has 302 valence electrons. The number of anilines is 4. The summed E-state index contributed by atoms with van der Waals surface area (Å²) in [5.41, 5.74) is 3.85. The van der Waals surface area contributed by atoms with E-state index in [1.54, 1.807) is 37.6 Å². The summed E-state index contributed by atoms with van der Waals surface area (Å²) in [6.45, 7) is 7.05. The number of pyridine rings is 1. The van der Waals surface area contributed by atoms with Gasteiger partial charge in [-0.05, 0) is 66.6 Å². The van der Waals surface area contributed by atoms with E-state index in [0.717, 1.165) is 37.5 Å². The Labute approximate surface area is 335 Å². The molecule has 0 aliphatic carbocycles. The van der Waals surface area contributed by atoms with Crippen LogP contribution in [0.1, 0.15) is 24.2 Å². The lowest BCUT2D eigenvalue weighted by Gasteiger charge is -2.44. The van der Waals surface area contributed by atoms with Crippen molar-refractivity contribution in [3.63, 3.8) is 0 Å². The molecule has 58 heavy (non-hydrogen) atoms. The molecule has 0 unspecified atom stereocenters. The largest absolute Gasteiger partial charge is 0.496 e. The summed E-state index contributed by atoms with van der Waals surface area (Å²) in [6, 6.07) is 21.6. The number of benzene rings is 3. The molecule has 1 amide bonds. The number of amides is 1. The van der Waals surface area contributed by atoms with Crippen molar-refractivity contribution in [3.8, 4) is 34.1 Å². The van der Waals surface area contributed by atoms with Crippen molar-refractivity contribution in [2.24, 2.45) is 5.92 Å². The Balaban J connectivity index is 1.18. The number of carbonyl (C=O) groups is 1. The standard InChI is InChI=1S/C42H44F2N8O5S/c1-26(2)34-25-51(20-19-50(34)21-22-58(5,54)55)28-13-14-32(36(24-28)57-4)46-42-45-17-16-33(47-42)40-38(48-37-11-6-7-18-52(37)40)27-12-15-35(56-3)29(23-27)41(53)49-39-30(43)9-8-10-31(39)44/h6-18,23-24,26,34H,19-22,25H2,1-5H3,(H,49,53)(H,45,46,47)/t34-/m1/s1. The van der Waals surface area contributed by atoms with Crippen LogP contribution in [0, 0.1) is 17.6 Å². The number of ether oxygens (including phenoxy) is 2. The van der Waals surface area contributed by atoms with Gasteiger partial charge in [-0.25, -0.2) is 32.2 Å². The van der Waals surface area contributed by atoms with E-state index in [2.05, 4.69) is 39.3 Å². The number of carbonyl (C=O) groups excluding carboxylic acids is 1. The number of nitrogens with one attached hydrogen (secondary N) is 2. The molecule has 1 saturated heterocycles. The number of fused-ring (bicyclic) bond motifs is 1. The molecule has 2 N–H and O–H groups in total. The molecule has 7 rings (SSSR count). The third kappa shape index (κ3) is 8.57. The quantitative estimate of drug-likeness (QED) is 0.125. The Kier molecular flexibility index (Phi) is 11.6. The molecule has 1 atom stereocenters. The molecule has 0 saturated carbocycles. The monoisotopic (exact) mass is 810 g/mol. The summed E-state index contributed by atoms with van der Waals surface area (Å²) in [4.78, 5) is 32.3. The number of methoxy groups -OCH3 is 2. The Bertz CT molecular complexity index is 2560. The second-order valence-electron chi connectivity index (χ2n) is 14.4. The van der Waals surface area contributed by atoms with Crippen LogP contribution in [0.3, 0.4) is 0 Å². The van der Waals surface area contributed by atoms with Crippen LogP contribution in [0.5, 0.6) is 11.5 Å². The van der Waals surface area contributed by atoms with Crippen molar-refractivity contribution in [3.05, 3.63) is 108 Å². The van der Waals surface area contributed by atoms with Crippen LogP contribution in [-0.4, -0.2) is 97.0 Å². The van der Waals surface area contributed by atoms with Crippen LogP contribution in [0.25, 0.3) is 28.3 Å². The van der Waals surface area contributed by atoms with E-state index in [1.807, 2.05) is 47.0 Å². The van der Waals surface area contributed by atoms with Crippen molar-refractivity contribution in [1.82, 2.24) is 24.3 Å². The summed E-state index contributed by atoms with van der Waals surface area (Å²) in [5.74, 6) is -1.06. The third-order valence-electron chi connectivity index (χ3n) is 10.2. The van der Waals surface area contributed by atoms with Crippen molar-refractivity contribution < 1.29 is 31.5 Å². The Morgan fingerprint density at radius 1 is 0.931 bits per heavy atom. The summed E-state index contributed by atoms with van der Waals surface area (Å²) < 4.78 is 65.9. The van der Waals surface area contributed by atoms with Gasteiger partial charge in [-0.1, -0.05) is 26.0 Å². The van der Waals surface area contributed by atoms with Crippen molar-refractivity contribution in [1.29, 1.82) is 0 Å². The molecule has 1 aliphatic heterocycles. The van der Waals surface area contributed by atoms with Gasteiger partial charge in [-0.15, -0.1) is 0 Å². The van der Waals surface area contributed by atoms with Gasteiger partial charge in [0.1, 0.15) is 44.3 Å². The zero-order valence-electron chi connectivity index (χ0n) is 32.7. The fourth-order valence-electron chi connectivity index (χ4n) is 7.20. The average Bonchev–Trinajstić information content (AvgIpc) is 3.61. The number of piperazine rings is 1. The van der Waals surface area contributed by atoms with E-state index in [4.69, 9.17) is 19.4 Å². The SMILES string of the molecule is COc1cc(N2CCN(CCS(C)(=O)=O)[C@@H](C(C)C)C2)ccc1Nc1nccc(-c2c(-c3ccc(OC)c(C(=O)Nc4c(F)cccc4F)c3)nc3ccccn23)n1. The molecule has 1 fully saturated rings. The predicted octanol–water partition coefficient (Wildman–Crippen LogP) is 6.94. The molecule has 3 aromatic carbocycles. The molecule has 6 aromatic rings. The number of hydrogen-bond acceptors (Lipinski definition) is 11. The molecular formula is C42H44F2N8O5S. The second-order valence-corrected chi connectivity index (χ2v) is 16.7. The molecule has 16 heteroatoms. The number of para-hydroxylation sites is 1. The Morgan fingerprint density at radius 3 is 2.43 bits per heavy atom. The molecule has 0 spiro atoms. The van der Waals surface area contributed by atoms with Crippen LogP contribution in [0.2, 0.25) is 0 Å². The van der Waals surface area contributed by atoms with Crippen molar-refractivity contribution in [2.45, 2.75) is 19.9 Å². The lowest BCUT2D eigenvalue weighted by Crippen LogP contribution is -2.56. The maximum atomic E-state index is 14.5. The third-order valence-corrected chi connectivity index (χ3v) is 11.1. The van der Waals surface area contributed by atoms with Gasteiger partial charge in [0.25, 0.3) is 5.91 Å². The number of imidazole rings is 1. The Morgan fingerprint density at radius 2 is 1.71 bits per heavy atom. The number of hydrogen-bond donors (Lipinski definition) is 2. The highest BCUT2D eigenvalue weighted by atomic mass is 32.2. The van der Waals surface area contributed by atoms with Crippen LogP contribution in [0.15, 0.2) is 91.3 Å². The molecular weight excluding hydrogens is 767 g/mol. The summed E-state index contributed by atoms with van der Waals surface area (Å²) in [6.07, 6.45) is 4.76. The number of sulfone groups is 1. The van der Waals surface area contributed by atoms with Crippen molar-refractivity contribution in [2.75, 3.05) is 67.9 Å². The molecule has 0 bridgehead atoms. The number of nitrogens with zero attached hydrogens (tertiary/aromatic N) is 6. The smallest absolute Gasteiger partial charge is 0.259 e. The van der Waals surface area contributed by atoms with E-state index in [1.165, 1.54) is 19.4 Å². The minimum absolute atomic E-state index is 0.0415. The van der Waals surface area contributed by atoms with Crippen LogP contribution >= 0.6 is 0 Å². The number of aromatic nitrogens is 4. The van der Waals surface area contributed by atoms with E-state index in [0.29, 0.717) is 58.1 Å². The highest BCUT2D eigenvalue weighted by Crippen LogP contribution is 2.37. The number of rotatable bonds is 13. The van der Waals surface area contributed by atoms with Gasteiger partial charge in [-0.2, -0.15) is 0 Å². The summed E-state index contributed by atoms with van der Waals surface area (Å²) in [5, 5.41) is 5.65. The summed E-state index contributed by atoms with van der Waals surface area (Å²) >= 11 is 0. The van der Waals surface area contributed by atoms with E-state index in [9.17, 15) is 22.0 Å². The Hall–Kier alpha value is -6.13. The fraction of sp³-hybridized carbons (Fsp3) is 0.286. The van der Waals surface area contributed by atoms with Crippen LogP contribution in [-0.2, 0) is 9.84 Å². The van der Waals surface area contributed by atoms with Gasteiger partial charge in [0.15, 0.2) is 0 Å². The molecule has 1 aliphatic rings. The molecule has 13 nitrogen and oxygen atoms in total. The maximum absolute atomic E-state index is 14.5. The lowest BCUT2D eigenvalue weighted by molar-refractivity contribution is 0.102. The lowest BCUT2D eigenvalue weighted by atomic mass is 9.99. The minimum Gasteiger partial charge on any atom is -0.496 e. The molecule has 0 radical (unpaired) electrons. The molecule has 4 heterocycles. The first-order valence-corrected chi connectivity index (χ1v) is 20.8. The second kappa shape index (κ2) is 16.8. The van der Waals surface area contributed by atoms with Gasteiger partial charge in [0.2, 0.25) is 5.95 Å². The topological polar surface area (TPSA) is 143 Å². The van der Waals surface area contributed by atoms with E-state index in [-0.39, 0.29) is 23.1 Å². The highest BCUT2D eigenvalue weighted by molar-refractivity contribution is 7.90. The van der Waals surface area contributed by atoms with Gasteiger partial charge in [-0.3, -0.25) is 14.1 Å². The normalized spacial score (nSPS) is 14.8. The first-order valence-electron chi connectivity index (χ1n) is 18.7.